The number of nitrogens with zero attached hydrogens (tertiary/aromatic N) is 4. The molecule has 0 saturated carbocycles. The van der Waals surface area contributed by atoms with Gasteiger partial charge in [0.2, 0.25) is 0 Å². The van der Waals surface area contributed by atoms with Crippen molar-refractivity contribution in [2.75, 3.05) is 0 Å². The first-order chi connectivity index (χ1) is 34.6. The van der Waals surface area contributed by atoms with Crippen molar-refractivity contribution in [3.05, 3.63) is 185 Å². The van der Waals surface area contributed by atoms with Crippen LogP contribution in [0, 0.1) is 11.9 Å². The quantitative estimate of drug-likeness (QED) is 0.169. The van der Waals surface area contributed by atoms with E-state index in [1.807, 2.05) is 6.20 Å². The molecule has 0 aliphatic heterocycles. The van der Waals surface area contributed by atoms with Crippen molar-refractivity contribution in [3.8, 4) is 62.0 Å². The first-order valence-corrected chi connectivity index (χ1v) is 26.0. The van der Waals surface area contributed by atoms with Gasteiger partial charge in [0.05, 0.1) is 27.6 Å². The Kier molecular flexibility index (Phi) is 13.4. The molecule has 10 aromatic rings. The SMILES string of the molecule is CC(C)(C)c1cc(-c2cc(-c3ccc4c5ccccc5n(-c5cc(C(C)(C)C)cc(C(C)(C)C)c5)c4c3)ccn2)[c-]c(-c2cccc3c2nc(-c2ccc(F)cc2O)n3-c2cc(C(C)(C)C)cc(C(C)(C)C)c2)c1.[Pt]. The minimum Gasteiger partial charge on any atom is -0.507 e. The number of halogens is 1. The van der Waals surface area contributed by atoms with Crippen molar-refractivity contribution in [2.45, 2.75) is 131 Å². The topological polar surface area (TPSA) is 55.9 Å². The maximum absolute atomic E-state index is 14.7. The molecule has 0 aliphatic rings. The number of aromatic nitrogens is 4. The van der Waals surface area contributed by atoms with E-state index in [-0.39, 0.29) is 53.9 Å². The fraction of sp³-hybridized carbons (Fsp3) is 0.294. The molecule has 0 fully saturated rings. The van der Waals surface area contributed by atoms with Crippen LogP contribution in [-0.4, -0.2) is 24.2 Å². The van der Waals surface area contributed by atoms with Crippen molar-refractivity contribution in [3.63, 3.8) is 0 Å². The van der Waals surface area contributed by atoms with Gasteiger partial charge in [0.25, 0.3) is 0 Å². The molecule has 0 atom stereocenters. The van der Waals surface area contributed by atoms with Gasteiger partial charge in [-0.25, -0.2) is 9.37 Å². The summed E-state index contributed by atoms with van der Waals surface area (Å²) < 4.78 is 19.2. The number of hydrogen-bond acceptors (Lipinski definition) is 3. The Morgan fingerprint density at radius 1 is 0.453 bits per heavy atom. The van der Waals surface area contributed by atoms with Gasteiger partial charge in [-0.2, -0.15) is 0 Å². The van der Waals surface area contributed by atoms with Crippen LogP contribution in [0.4, 0.5) is 4.39 Å². The van der Waals surface area contributed by atoms with Crippen molar-refractivity contribution in [1.29, 1.82) is 0 Å². The monoisotopic (exact) mass is 1170 g/mol. The number of imidazole rings is 1. The molecular formula is C68H70FN4OPt-. The summed E-state index contributed by atoms with van der Waals surface area (Å²) in [7, 11) is 0. The smallest absolute Gasteiger partial charge is 0.148 e. The molecule has 0 spiro atoms. The van der Waals surface area contributed by atoms with Gasteiger partial charge < -0.3 is 9.67 Å². The van der Waals surface area contributed by atoms with E-state index < -0.39 is 5.82 Å². The molecule has 3 heterocycles. The second kappa shape index (κ2) is 18.9. The maximum Gasteiger partial charge on any atom is 0.148 e. The number of aromatic hydroxyl groups is 1. The molecule has 7 aromatic carbocycles. The molecule has 1 N–H and O–H groups in total. The number of phenolic OH excluding ortho intramolecular Hbond substituents is 1. The Hall–Kier alpha value is -6.62. The van der Waals surface area contributed by atoms with Gasteiger partial charge >= 0.3 is 0 Å². The van der Waals surface area contributed by atoms with E-state index in [1.54, 1.807) is 6.07 Å². The van der Waals surface area contributed by atoms with Crippen LogP contribution in [0.15, 0.2) is 146 Å². The summed E-state index contributed by atoms with van der Waals surface area (Å²) in [5.41, 5.74) is 17.6. The van der Waals surface area contributed by atoms with E-state index >= 15 is 0 Å². The Morgan fingerprint density at radius 3 is 1.56 bits per heavy atom. The summed E-state index contributed by atoms with van der Waals surface area (Å²) in [6.07, 6.45) is 1.91. The van der Waals surface area contributed by atoms with E-state index in [2.05, 4.69) is 240 Å². The molecule has 7 heteroatoms. The van der Waals surface area contributed by atoms with Crippen LogP contribution in [0.1, 0.15) is 132 Å². The zero-order valence-corrected chi connectivity index (χ0v) is 48.6. The maximum atomic E-state index is 14.7. The second-order valence-corrected chi connectivity index (χ2v) is 25.6. The molecule has 0 radical (unpaired) electrons. The second-order valence-electron chi connectivity index (χ2n) is 25.6. The van der Waals surface area contributed by atoms with Crippen LogP contribution in [0.5, 0.6) is 5.75 Å². The number of benzene rings is 7. The number of pyridine rings is 1. The van der Waals surface area contributed by atoms with Crippen molar-refractivity contribution >= 4 is 32.8 Å². The predicted octanol–water partition coefficient (Wildman–Crippen LogP) is 18.3. The fourth-order valence-corrected chi connectivity index (χ4v) is 10.1. The van der Waals surface area contributed by atoms with E-state index in [4.69, 9.17) is 9.97 Å². The van der Waals surface area contributed by atoms with E-state index in [1.165, 1.54) is 44.6 Å². The number of phenols is 1. The van der Waals surface area contributed by atoms with Gasteiger partial charge in [0.1, 0.15) is 17.4 Å². The average molecular weight is 1170 g/mol. The molecule has 75 heavy (non-hydrogen) atoms. The van der Waals surface area contributed by atoms with Crippen molar-refractivity contribution < 1.29 is 30.6 Å². The van der Waals surface area contributed by atoms with Crippen LogP contribution in [-0.2, 0) is 48.1 Å². The normalized spacial score (nSPS) is 12.7. The van der Waals surface area contributed by atoms with Crippen LogP contribution >= 0.6 is 0 Å². The predicted molar refractivity (Wildman–Crippen MR) is 309 cm³/mol. The summed E-state index contributed by atoms with van der Waals surface area (Å²) in [5.74, 6) is -0.172. The molecule has 386 valence electrons. The zero-order valence-electron chi connectivity index (χ0n) is 46.3. The summed E-state index contributed by atoms with van der Waals surface area (Å²) in [6.45, 7) is 33.8. The molecule has 0 unspecified atom stereocenters. The minimum atomic E-state index is -0.515. The number of rotatable bonds is 6. The number of hydrogen-bond donors (Lipinski definition) is 1. The minimum absolute atomic E-state index is 0. The van der Waals surface area contributed by atoms with Crippen molar-refractivity contribution in [1.82, 2.24) is 19.1 Å². The standard InChI is InChI=1S/C68H70FN4O.Pt/c1-64(2,3)45-30-43(53-20-18-22-59-62(53)71-63(56-26-24-50(69)40-61(56)74)73(59)52-38-48(67(10,11)12)35-49(39-52)68(13,14)15)29-44(31-45)57-32-42(27-28-70-57)41-23-25-55-54-19-16-17-21-58(54)72(60(55)33-41)51-36-46(65(4,5)6)34-47(37-51)66(7,8)9;/h16-28,30-40,74H,1-15H3;/q-1;. The first-order valence-electron chi connectivity index (χ1n) is 26.0. The van der Waals surface area contributed by atoms with Crippen LogP contribution in [0.2, 0.25) is 0 Å². The van der Waals surface area contributed by atoms with Gasteiger partial charge in [-0.05, 0) is 121 Å². The van der Waals surface area contributed by atoms with Crippen LogP contribution < -0.4 is 0 Å². The number of para-hydroxylation sites is 2. The largest absolute Gasteiger partial charge is 0.507 e. The van der Waals surface area contributed by atoms with Crippen molar-refractivity contribution in [2.24, 2.45) is 0 Å². The molecule has 0 aliphatic carbocycles. The summed E-state index contributed by atoms with van der Waals surface area (Å²) in [5, 5.41) is 13.8. The molecule has 5 nitrogen and oxygen atoms in total. The van der Waals surface area contributed by atoms with E-state index in [0.29, 0.717) is 11.4 Å². The number of fused-ring (bicyclic) bond motifs is 4. The Labute approximate surface area is 458 Å². The molecular weight excluding hydrogens is 1100 g/mol. The summed E-state index contributed by atoms with van der Waals surface area (Å²) in [4.78, 5) is 10.4. The Morgan fingerprint density at radius 2 is 0.973 bits per heavy atom. The first kappa shape index (κ1) is 53.2. The molecule has 0 bridgehead atoms. The average Bonchev–Trinajstić information content (AvgIpc) is 3.88. The van der Waals surface area contributed by atoms with E-state index in [0.717, 1.165) is 73.1 Å². The van der Waals surface area contributed by atoms with Gasteiger partial charge in [-0.1, -0.05) is 176 Å². The molecule has 10 rings (SSSR count). The molecule has 0 amide bonds. The molecule has 3 aromatic heterocycles. The third kappa shape index (κ3) is 10.2. The Balaban J connectivity index is 0.00000689. The van der Waals surface area contributed by atoms with Gasteiger partial charge in [0.15, 0.2) is 0 Å². The summed E-state index contributed by atoms with van der Waals surface area (Å²) in [6, 6.07) is 52.5. The van der Waals surface area contributed by atoms with Gasteiger partial charge in [-0.3, -0.25) is 9.55 Å². The molecule has 0 saturated heterocycles. The zero-order chi connectivity index (χ0) is 53.0. The van der Waals surface area contributed by atoms with Crippen LogP contribution in [0.3, 0.4) is 0 Å². The van der Waals surface area contributed by atoms with E-state index in [9.17, 15) is 9.50 Å². The summed E-state index contributed by atoms with van der Waals surface area (Å²) >= 11 is 0. The van der Waals surface area contributed by atoms with Crippen LogP contribution in [0.25, 0.3) is 89.1 Å². The third-order valence-electron chi connectivity index (χ3n) is 14.8. The third-order valence-corrected chi connectivity index (χ3v) is 14.8. The Bertz CT molecular complexity index is 3770. The van der Waals surface area contributed by atoms with Gasteiger partial charge in [0, 0.05) is 61.2 Å². The van der Waals surface area contributed by atoms with Gasteiger partial charge in [-0.15, -0.1) is 29.3 Å². The fourth-order valence-electron chi connectivity index (χ4n) is 10.1.